The molecule has 2 nitrogen and oxygen atoms in total. The maximum absolute atomic E-state index is 6.06. The summed E-state index contributed by atoms with van der Waals surface area (Å²) in [5.74, 6) is 0.831. The molecule has 0 aliphatic heterocycles. The third kappa shape index (κ3) is 2.22. The zero-order valence-electron chi connectivity index (χ0n) is 8.23. The van der Waals surface area contributed by atoms with E-state index in [1.807, 2.05) is 13.0 Å². The number of ether oxygens (including phenoxy) is 1. The van der Waals surface area contributed by atoms with Crippen molar-refractivity contribution >= 4 is 27.5 Å². The van der Waals surface area contributed by atoms with Gasteiger partial charge in [-0.25, -0.2) is 0 Å². The summed E-state index contributed by atoms with van der Waals surface area (Å²) >= 11 is 9.52. The van der Waals surface area contributed by atoms with Crippen LogP contribution in [0.1, 0.15) is 11.1 Å². The van der Waals surface area contributed by atoms with E-state index in [1.165, 1.54) is 0 Å². The van der Waals surface area contributed by atoms with Crippen molar-refractivity contribution in [1.29, 1.82) is 0 Å². The van der Waals surface area contributed by atoms with E-state index in [-0.39, 0.29) is 0 Å². The Morgan fingerprint density at radius 1 is 1.57 bits per heavy atom. The highest BCUT2D eigenvalue weighted by Crippen LogP contribution is 2.36. The second-order valence-corrected chi connectivity index (χ2v) is 4.23. The first kappa shape index (κ1) is 11.8. The predicted octanol–water partition coefficient (Wildman–Crippen LogP) is 2.92. The largest absolute Gasteiger partial charge is 0.495 e. The molecule has 4 heteroatoms. The van der Waals surface area contributed by atoms with Gasteiger partial charge in [0.05, 0.1) is 11.6 Å². The number of methoxy groups -OCH3 is 1. The highest BCUT2D eigenvalue weighted by molar-refractivity contribution is 9.10. The fourth-order valence-corrected chi connectivity index (χ4v) is 2.28. The molecular weight excluding hydrogens is 265 g/mol. The minimum absolute atomic E-state index is 0.586. The summed E-state index contributed by atoms with van der Waals surface area (Å²) in [4.78, 5) is 0. The van der Waals surface area contributed by atoms with Crippen LogP contribution >= 0.6 is 27.5 Å². The fourth-order valence-electron chi connectivity index (χ4n) is 1.30. The molecular formula is C10H13BrClNO. The summed E-state index contributed by atoms with van der Waals surface area (Å²) in [6.45, 7) is 2.53. The molecule has 0 fully saturated rings. The molecule has 2 N–H and O–H groups in total. The van der Waals surface area contributed by atoms with Crippen molar-refractivity contribution in [3.05, 3.63) is 26.7 Å². The van der Waals surface area contributed by atoms with Crippen LogP contribution in [-0.2, 0) is 6.42 Å². The van der Waals surface area contributed by atoms with Gasteiger partial charge in [0.2, 0.25) is 0 Å². The van der Waals surface area contributed by atoms with Gasteiger partial charge in [-0.05, 0) is 53.0 Å². The van der Waals surface area contributed by atoms with E-state index in [1.54, 1.807) is 7.11 Å². The lowest BCUT2D eigenvalue weighted by Crippen LogP contribution is -2.05. The topological polar surface area (TPSA) is 35.2 Å². The molecule has 0 amide bonds. The van der Waals surface area contributed by atoms with Crippen LogP contribution in [0.2, 0.25) is 5.02 Å². The van der Waals surface area contributed by atoms with Gasteiger partial charge < -0.3 is 10.5 Å². The molecule has 0 spiro atoms. The Kier molecular flexibility index (Phi) is 4.23. The highest BCUT2D eigenvalue weighted by atomic mass is 79.9. The molecule has 0 aliphatic carbocycles. The number of benzene rings is 1. The van der Waals surface area contributed by atoms with Crippen LogP contribution in [0.3, 0.4) is 0 Å². The lowest BCUT2D eigenvalue weighted by Gasteiger charge is -2.13. The Labute approximate surface area is 97.5 Å². The van der Waals surface area contributed by atoms with Gasteiger partial charge >= 0.3 is 0 Å². The van der Waals surface area contributed by atoms with E-state index >= 15 is 0 Å². The molecule has 1 rings (SSSR count). The van der Waals surface area contributed by atoms with Crippen molar-refractivity contribution in [2.45, 2.75) is 13.3 Å². The molecule has 0 radical (unpaired) electrons. The molecule has 0 bridgehead atoms. The van der Waals surface area contributed by atoms with Gasteiger partial charge in [0, 0.05) is 5.02 Å². The number of halogens is 2. The van der Waals surface area contributed by atoms with Crippen LogP contribution in [0.4, 0.5) is 0 Å². The zero-order chi connectivity index (χ0) is 10.7. The molecule has 0 aromatic heterocycles. The van der Waals surface area contributed by atoms with Crippen LogP contribution < -0.4 is 10.5 Å². The average Bonchev–Trinajstić information content (AvgIpc) is 2.16. The van der Waals surface area contributed by atoms with E-state index in [2.05, 4.69) is 15.9 Å². The minimum atomic E-state index is 0.586. The minimum Gasteiger partial charge on any atom is -0.495 e. The quantitative estimate of drug-likeness (QED) is 0.923. The van der Waals surface area contributed by atoms with E-state index < -0.39 is 0 Å². The Bertz CT molecular complexity index is 341. The Balaban J connectivity index is 3.28. The smallest absolute Gasteiger partial charge is 0.136 e. The summed E-state index contributed by atoms with van der Waals surface area (Å²) in [6, 6.07) is 1.91. The summed E-state index contributed by atoms with van der Waals surface area (Å²) < 4.78 is 6.22. The second kappa shape index (κ2) is 5.01. The molecule has 0 unspecified atom stereocenters. The maximum atomic E-state index is 6.06. The van der Waals surface area contributed by atoms with E-state index in [4.69, 9.17) is 22.1 Å². The Morgan fingerprint density at radius 2 is 2.21 bits per heavy atom. The molecule has 0 aliphatic rings. The highest BCUT2D eigenvalue weighted by Gasteiger charge is 2.12. The summed E-state index contributed by atoms with van der Waals surface area (Å²) in [6.07, 6.45) is 0.766. The molecule has 78 valence electrons. The average molecular weight is 279 g/mol. The van der Waals surface area contributed by atoms with E-state index in [9.17, 15) is 0 Å². The third-order valence-electron chi connectivity index (χ3n) is 2.10. The second-order valence-electron chi connectivity index (χ2n) is 3.03. The van der Waals surface area contributed by atoms with Gasteiger partial charge in [-0.2, -0.15) is 0 Å². The first-order chi connectivity index (χ1) is 6.61. The Morgan fingerprint density at radius 3 is 2.71 bits per heavy atom. The van der Waals surface area contributed by atoms with Crippen molar-refractivity contribution in [2.75, 3.05) is 13.7 Å². The lowest BCUT2D eigenvalue weighted by molar-refractivity contribution is 0.406. The van der Waals surface area contributed by atoms with Crippen LogP contribution in [0.5, 0.6) is 5.75 Å². The summed E-state index contributed by atoms with van der Waals surface area (Å²) in [5.41, 5.74) is 7.54. The van der Waals surface area contributed by atoms with Gasteiger partial charge in [-0.3, -0.25) is 0 Å². The molecule has 14 heavy (non-hydrogen) atoms. The number of hydrogen-bond donors (Lipinski definition) is 1. The predicted molar refractivity (Wildman–Crippen MR) is 63.2 cm³/mol. The van der Waals surface area contributed by atoms with Gasteiger partial charge in [0.25, 0.3) is 0 Å². The zero-order valence-corrected chi connectivity index (χ0v) is 10.6. The van der Waals surface area contributed by atoms with Crippen LogP contribution in [0.15, 0.2) is 10.5 Å². The SMILES string of the molecule is COc1c(CCN)cc(Cl)c(C)c1Br. The normalized spacial score (nSPS) is 10.4. The first-order valence-electron chi connectivity index (χ1n) is 4.33. The van der Waals surface area contributed by atoms with Crippen LogP contribution in [0.25, 0.3) is 0 Å². The van der Waals surface area contributed by atoms with Crippen molar-refractivity contribution in [3.8, 4) is 5.75 Å². The maximum Gasteiger partial charge on any atom is 0.136 e. The van der Waals surface area contributed by atoms with Gasteiger partial charge in [-0.1, -0.05) is 11.6 Å². The monoisotopic (exact) mass is 277 g/mol. The third-order valence-corrected chi connectivity index (χ3v) is 3.44. The number of nitrogens with two attached hydrogens (primary N) is 1. The fraction of sp³-hybridized carbons (Fsp3) is 0.400. The van der Waals surface area contributed by atoms with Crippen molar-refractivity contribution in [3.63, 3.8) is 0 Å². The number of rotatable bonds is 3. The standard InChI is InChI=1S/C10H13BrClNO/c1-6-8(12)5-7(3-4-13)10(14-2)9(6)11/h5H,3-4,13H2,1-2H3. The van der Waals surface area contributed by atoms with Crippen molar-refractivity contribution in [1.82, 2.24) is 0 Å². The first-order valence-corrected chi connectivity index (χ1v) is 5.50. The molecule has 0 heterocycles. The van der Waals surface area contributed by atoms with Gasteiger partial charge in [0.15, 0.2) is 0 Å². The molecule has 1 aromatic rings. The van der Waals surface area contributed by atoms with Gasteiger partial charge in [-0.15, -0.1) is 0 Å². The molecule has 1 aromatic carbocycles. The van der Waals surface area contributed by atoms with Crippen LogP contribution in [0, 0.1) is 6.92 Å². The van der Waals surface area contributed by atoms with Gasteiger partial charge in [0.1, 0.15) is 5.75 Å². The summed E-state index contributed by atoms with van der Waals surface area (Å²) in [5, 5.41) is 0.737. The molecule has 0 saturated carbocycles. The number of hydrogen-bond acceptors (Lipinski definition) is 2. The molecule has 0 saturated heterocycles. The Hall–Kier alpha value is -0.250. The van der Waals surface area contributed by atoms with Crippen molar-refractivity contribution < 1.29 is 4.74 Å². The van der Waals surface area contributed by atoms with Crippen molar-refractivity contribution in [2.24, 2.45) is 5.73 Å². The molecule has 0 atom stereocenters. The van der Waals surface area contributed by atoms with E-state index in [0.29, 0.717) is 6.54 Å². The summed E-state index contributed by atoms with van der Waals surface area (Å²) in [7, 11) is 1.65. The lowest BCUT2D eigenvalue weighted by atomic mass is 10.1. The van der Waals surface area contributed by atoms with Crippen LogP contribution in [-0.4, -0.2) is 13.7 Å². The van der Waals surface area contributed by atoms with E-state index in [0.717, 1.165) is 32.8 Å².